The summed E-state index contributed by atoms with van der Waals surface area (Å²) in [6.07, 6.45) is 4.62. The molecule has 2 aliphatic rings. The molecule has 1 saturated carbocycles. The van der Waals surface area contributed by atoms with Crippen LogP contribution in [0.4, 0.5) is 13.2 Å². The Hall–Kier alpha value is -3.48. The Morgan fingerprint density at radius 3 is 2.38 bits per heavy atom. The third kappa shape index (κ3) is 11.8. The standard InChI is InChI=1S/C36H49N3O3S.C2HF3O2/c1-3-42-23-17-28-15-21-39(22-16-28)20-9-12-31(25-29-10-5-4-6-11-29)37-35(41)36(18-7-8-19-36)38-34(40)33-26-30-14-13-27(2)24-32(30)43-33;3-2(4,5)1(6)7/h4-6,10-11,13-14,24,26,28,31H,3,7-9,12,15-23,25H2,1-2H3,(H,37,41)(H,38,40);(H,6,7)/t31-;/m0./s1. The van der Waals surface area contributed by atoms with Gasteiger partial charge in [-0.2, -0.15) is 13.2 Å². The van der Waals surface area contributed by atoms with Crippen molar-refractivity contribution < 1.29 is 37.4 Å². The van der Waals surface area contributed by atoms with E-state index in [4.69, 9.17) is 14.6 Å². The number of hydrogen-bond donors (Lipinski definition) is 3. The van der Waals surface area contributed by atoms with Crippen molar-refractivity contribution >= 4 is 39.2 Å². The number of carbonyl (C=O) groups excluding carboxylic acids is 2. The molecule has 1 atom stereocenters. The molecule has 2 aromatic carbocycles. The molecule has 5 rings (SSSR count). The van der Waals surface area contributed by atoms with Crippen LogP contribution in [0.3, 0.4) is 0 Å². The summed E-state index contributed by atoms with van der Waals surface area (Å²) in [5.74, 6) is -2.14. The Morgan fingerprint density at radius 1 is 1.06 bits per heavy atom. The number of alkyl halides is 3. The number of rotatable bonds is 14. The van der Waals surface area contributed by atoms with Crippen molar-refractivity contribution in [2.24, 2.45) is 5.92 Å². The number of fused-ring (bicyclic) bond motifs is 1. The minimum atomic E-state index is -5.08. The van der Waals surface area contributed by atoms with Crippen LogP contribution in [0.2, 0.25) is 0 Å². The number of ether oxygens (including phenoxy) is 1. The molecule has 0 spiro atoms. The number of nitrogens with zero attached hydrogens (tertiary/aromatic N) is 1. The molecule has 0 radical (unpaired) electrons. The third-order valence-corrected chi connectivity index (χ3v) is 10.8. The number of halogens is 3. The molecular formula is C38H50F3N3O5S. The molecule has 8 nitrogen and oxygen atoms in total. The number of piperidine rings is 1. The number of nitrogens with one attached hydrogen (secondary N) is 2. The second kappa shape index (κ2) is 18.7. The number of likely N-dealkylation sites (tertiary alicyclic amines) is 1. The average molecular weight is 718 g/mol. The summed E-state index contributed by atoms with van der Waals surface area (Å²) in [6.45, 7) is 9.18. The molecule has 2 amide bonds. The second-order valence-corrected chi connectivity index (χ2v) is 14.6. The molecule has 1 saturated heterocycles. The first-order valence-electron chi connectivity index (χ1n) is 17.7. The minimum absolute atomic E-state index is 0.0219. The van der Waals surface area contributed by atoms with Gasteiger partial charge in [0.2, 0.25) is 5.91 Å². The number of thiophene rings is 1. The lowest BCUT2D eigenvalue weighted by Gasteiger charge is -2.33. The maximum absolute atomic E-state index is 14.0. The SMILES string of the molecule is CCOCCC1CCN(CCC[C@@H](Cc2ccccc2)NC(=O)C2(NC(=O)c3cc4ccc(C)cc4s3)CCCC2)CC1.O=C(O)C(F)(F)F. The first-order chi connectivity index (χ1) is 23.9. The first-order valence-corrected chi connectivity index (χ1v) is 18.5. The highest BCUT2D eigenvalue weighted by molar-refractivity contribution is 7.20. The van der Waals surface area contributed by atoms with E-state index in [-0.39, 0.29) is 17.9 Å². The lowest BCUT2D eigenvalue weighted by molar-refractivity contribution is -0.192. The van der Waals surface area contributed by atoms with Crippen LogP contribution in [-0.4, -0.2) is 78.4 Å². The quantitative estimate of drug-likeness (QED) is 0.149. The number of carboxylic acids is 1. The summed E-state index contributed by atoms with van der Waals surface area (Å²) in [5, 5.41) is 14.9. The van der Waals surface area contributed by atoms with Crippen LogP contribution in [0.25, 0.3) is 10.1 Å². The molecule has 50 heavy (non-hydrogen) atoms. The van der Waals surface area contributed by atoms with Gasteiger partial charge in [-0.3, -0.25) is 9.59 Å². The van der Waals surface area contributed by atoms with E-state index in [0.717, 1.165) is 81.0 Å². The molecule has 12 heteroatoms. The van der Waals surface area contributed by atoms with Crippen LogP contribution < -0.4 is 10.6 Å². The van der Waals surface area contributed by atoms with E-state index in [2.05, 4.69) is 71.8 Å². The fraction of sp³-hybridized carbons (Fsp3) is 0.553. The Morgan fingerprint density at radius 2 is 1.74 bits per heavy atom. The van der Waals surface area contributed by atoms with Gasteiger partial charge in [0.15, 0.2) is 0 Å². The van der Waals surface area contributed by atoms with Crippen molar-refractivity contribution in [2.45, 2.75) is 95.8 Å². The number of carbonyl (C=O) groups is 3. The van der Waals surface area contributed by atoms with Gasteiger partial charge in [-0.1, -0.05) is 55.3 Å². The topological polar surface area (TPSA) is 108 Å². The zero-order chi connectivity index (χ0) is 36.1. The van der Waals surface area contributed by atoms with Crippen LogP contribution in [0, 0.1) is 12.8 Å². The zero-order valence-electron chi connectivity index (χ0n) is 29.0. The summed E-state index contributed by atoms with van der Waals surface area (Å²) in [7, 11) is 0. The van der Waals surface area contributed by atoms with Gasteiger partial charge < -0.3 is 25.4 Å². The van der Waals surface area contributed by atoms with Crippen molar-refractivity contribution in [3.05, 3.63) is 70.6 Å². The smallest absolute Gasteiger partial charge is 0.475 e. The summed E-state index contributed by atoms with van der Waals surface area (Å²) in [5.41, 5.74) is 1.56. The van der Waals surface area contributed by atoms with Crippen LogP contribution in [-0.2, 0) is 20.7 Å². The number of carboxylic acid groups (broad SMARTS) is 1. The van der Waals surface area contributed by atoms with E-state index in [9.17, 15) is 22.8 Å². The average Bonchev–Trinajstić information content (AvgIpc) is 3.74. The zero-order valence-corrected chi connectivity index (χ0v) is 29.8. The van der Waals surface area contributed by atoms with E-state index < -0.39 is 17.7 Å². The van der Waals surface area contributed by atoms with E-state index in [1.165, 1.54) is 41.7 Å². The summed E-state index contributed by atoms with van der Waals surface area (Å²) in [4.78, 5) is 39.7. The molecule has 3 aromatic rings. The van der Waals surface area contributed by atoms with Gasteiger partial charge in [-0.15, -0.1) is 11.3 Å². The first kappa shape index (κ1) is 39.3. The van der Waals surface area contributed by atoms with E-state index in [1.807, 2.05) is 12.1 Å². The van der Waals surface area contributed by atoms with E-state index >= 15 is 0 Å². The van der Waals surface area contributed by atoms with Gasteiger partial charge in [-0.05, 0) is 119 Å². The maximum atomic E-state index is 14.0. The largest absolute Gasteiger partial charge is 0.490 e. The fourth-order valence-corrected chi connectivity index (χ4v) is 7.87. The van der Waals surface area contributed by atoms with Gasteiger partial charge in [-0.25, -0.2) is 4.79 Å². The van der Waals surface area contributed by atoms with Crippen molar-refractivity contribution in [2.75, 3.05) is 32.8 Å². The van der Waals surface area contributed by atoms with Gasteiger partial charge >= 0.3 is 12.1 Å². The van der Waals surface area contributed by atoms with Gasteiger partial charge in [0.25, 0.3) is 5.91 Å². The van der Waals surface area contributed by atoms with Gasteiger partial charge in [0.05, 0.1) is 4.88 Å². The maximum Gasteiger partial charge on any atom is 0.490 e. The molecule has 0 bridgehead atoms. The molecule has 3 N–H and O–H groups in total. The molecular weight excluding hydrogens is 667 g/mol. The molecule has 274 valence electrons. The highest BCUT2D eigenvalue weighted by Crippen LogP contribution is 2.33. The number of hydrogen-bond acceptors (Lipinski definition) is 6. The number of benzene rings is 2. The Kier molecular flexibility index (Phi) is 14.7. The fourth-order valence-electron chi connectivity index (χ4n) is 6.82. The second-order valence-electron chi connectivity index (χ2n) is 13.5. The highest BCUT2D eigenvalue weighted by atomic mass is 32.1. The van der Waals surface area contributed by atoms with E-state index in [0.29, 0.717) is 17.7 Å². The van der Waals surface area contributed by atoms with Gasteiger partial charge in [0, 0.05) is 24.0 Å². The summed E-state index contributed by atoms with van der Waals surface area (Å²) < 4.78 is 38.4. The van der Waals surface area contributed by atoms with E-state index in [1.54, 1.807) is 0 Å². The monoisotopic (exact) mass is 717 g/mol. The molecule has 1 aliphatic heterocycles. The minimum Gasteiger partial charge on any atom is -0.475 e. The molecule has 1 aromatic heterocycles. The van der Waals surface area contributed by atoms with Crippen molar-refractivity contribution in [1.29, 1.82) is 0 Å². The number of amides is 2. The lowest BCUT2D eigenvalue weighted by atomic mass is 9.93. The van der Waals surface area contributed by atoms with Crippen LogP contribution in [0.15, 0.2) is 54.6 Å². The number of aliphatic carboxylic acids is 1. The molecule has 1 aliphatic carbocycles. The molecule has 2 heterocycles. The highest BCUT2D eigenvalue weighted by Gasteiger charge is 2.43. The summed E-state index contributed by atoms with van der Waals surface area (Å²) in [6, 6.07) is 18.7. The Balaban J connectivity index is 0.000000727. The Labute approximate surface area is 296 Å². The molecule has 2 fully saturated rings. The lowest BCUT2D eigenvalue weighted by Crippen LogP contribution is -2.59. The normalized spacial score (nSPS) is 17.1. The number of aryl methyl sites for hydroxylation is 1. The van der Waals surface area contributed by atoms with Crippen LogP contribution in [0.5, 0.6) is 0 Å². The van der Waals surface area contributed by atoms with Crippen molar-refractivity contribution in [1.82, 2.24) is 15.5 Å². The third-order valence-electron chi connectivity index (χ3n) is 9.66. The van der Waals surface area contributed by atoms with Crippen molar-refractivity contribution in [3.8, 4) is 0 Å². The summed E-state index contributed by atoms with van der Waals surface area (Å²) >= 11 is 1.50. The Bertz CT molecular complexity index is 1530. The van der Waals surface area contributed by atoms with Gasteiger partial charge in [0.1, 0.15) is 5.54 Å². The van der Waals surface area contributed by atoms with Crippen LogP contribution >= 0.6 is 11.3 Å². The van der Waals surface area contributed by atoms with Crippen molar-refractivity contribution in [3.63, 3.8) is 0 Å². The molecule has 0 unspecified atom stereocenters. The van der Waals surface area contributed by atoms with Crippen LogP contribution in [0.1, 0.15) is 85.5 Å². The predicted molar refractivity (Wildman–Crippen MR) is 191 cm³/mol. The predicted octanol–water partition coefficient (Wildman–Crippen LogP) is 7.53.